The number of hydrogen-bond donors (Lipinski definition) is 2. The van der Waals surface area contributed by atoms with E-state index < -0.39 is 0 Å². The van der Waals surface area contributed by atoms with Crippen molar-refractivity contribution in [3.05, 3.63) is 29.8 Å². The van der Waals surface area contributed by atoms with Crippen molar-refractivity contribution in [1.29, 1.82) is 0 Å². The first kappa shape index (κ1) is 14.6. The van der Waals surface area contributed by atoms with E-state index in [4.69, 9.17) is 0 Å². The van der Waals surface area contributed by atoms with Crippen LogP contribution in [0.4, 0.5) is 10.5 Å². The van der Waals surface area contributed by atoms with Crippen LogP contribution in [0, 0.1) is 0 Å². The predicted molar refractivity (Wildman–Crippen MR) is 77.0 cm³/mol. The summed E-state index contributed by atoms with van der Waals surface area (Å²) in [6.45, 7) is 4.77. The average Bonchev–Trinajstić information content (AvgIpc) is 2.37. The molecule has 2 amide bonds. The number of unbranched alkanes of at least 4 members (excludes halogenated alkanes) is 3. The van der Waals surface area contributed by atoms with E-state index in [1.54, 1.807) is 0 Å². The quantitative estimate of drug-likeness (QED) is 0.705. The average molecular weight is 248 g/mol. The number of para-hydroxylation sites is 1. The molecular weight excluding hydrogens is 224 g/mol. The summed E-state index contributed by atoms with van der Waals surface area (Å²) in [6.07, 6.45) is 6.00. The molecule has 0 spiro atoms. The summed E-state index contributed by atoms with van der Waals surface area (Å²) in [7, 11) is 0. The second kappa shape index (κ2) is 8.56. The molecule has 3 heteroatoms. The fraction of sp³-hybridized carbons (Fsp3) is 0.533. The van der Waals surface area contributed by atoms with Gasteiger partial charge in [-0.15, -0.1) is 0 Å². The van der Waals surface area contributed by atoms with Gasteiger partial charge in [-0.1, -0.05) is 44.4 Å². The molecule has 0 radical (unpaired) electrons. The minimum atomic E-state index is -0.126. The first-order valence-corrected chi connectivity index (χ1v) is 6.90. The van der Waals surface area contributed by atoms with Gasteiger partial charge in [-0.2, -0.15) is 0 Å². The molecule has 0 aliphatic rings. The van der Waals surface area contributed by atoms with Gasteiger partial charge < -0.3 is 10.6 Å². The molecule has 0 aliphatic carbocycles. The minimum Gasteiger partial charge on any atom is -0.338 e. The maximum Gasteiger partial charge on any atom is 0.319 e. The first-order chi connectivity index (χ1) is 8.77. The van der Waals surface area contributed by atoms with Gasteiger partial charge in [-0.05, 0) is 31.4 Å². The molecule has 0 bridgehead atoms. The first-order valence-electron chi connectivity index (χ1n) is 6.90. The standard InChI is InChI=1S/C15H24N2O/c1-3-5-6-7-10-13-11-8-9-12-14(13)17-15(18)16-4-2/h8-9,11-12H,3-7,10H2,1-2H3,(H2,16,17,18). The third kappa shape index (κ3) is 5.21. The Morgan fingerprint density at radius 2 is 1.89 bits per heavy atom. The van der Waals surface area contributed by atoms with Crippen LogP contribution in [0.3, 0.4) is 0 Å². The molecule has 1 aromatic rings. The number of carbonyl (C=O) groups excluding carboxylic acids is 1. The Bertz CT molecular complexity index is 363. The molecule has 18 heavy (non-hydrogen) atoms. The van der Waals surface area contributed by atoms with Crippen molar-refractivity contribution >= 4 is 11.7 Å². The molecule has 0 saturated heterocycles. The normalized spacial score (nSPS) is 10.1. The number of nitrogens with one attached hydrogen (secondary N) is 2. The SMILES string of the molecule is CCCCCCc1ccccc1NC(=O)NCC. The lowest BCUT2D eigenvalue weighted by molar-refractivity contribution is 0.252. The van der Waals surface area contributed by atoms with Gasteiger partial charge in [0, 0.05) is 12.2 Å². The molecule has 100 valence electrons. The zero-order valence-corrected chi connectivity index (χ0v) is 11.5. The Balaban J connectivity index is 2.53. The number of aryl methyl sites for hydroxylation is 1. The van der Waals surface area contributed by atoms with Gasteiger partial charge in [-0.25, -0.2) is 4.79 Å². The van der Waals surface area contributed by atoms with Gasteiger partial charge in [0.2, 0.25) is 0 Å². The smallest absolute Gasteiger partial charge is 0.319 e. The molecule has 0 aromatic heterocycles. The number of urea groups is 1. The van der Waals surface area contributed by atoms with E-state index in [9.17, 15) is 4.79 Å². The number of anilines is 1. The lowest BCUT2D eigenvalue weighted by Gasteiger charge is -2.11. The second-order valence-corrected chi connectivity index (χ2v) is 4.45. The van der Waals surface area contributed by atoms with Crippen LogP contribution in [0.25, 0.3) is 0 Å². The van der Waals surface area contributed by atoms with E-state index in [1.165, 1.54) is 31.2 Å². The Morgan fingerprint density at radius 3 is 2.61 bits per heavy atom. The van der Waals surface area contributed by atoms with Crippen molar-refractivity contribution in [3.8, 4) is 0 Å². The van der Waals surface area contributed by atoms with Crippen molar-refractivity contribution in [2.45, 2.75) is 46.0 Å². The van der Waals surface area contributed by atoms with Crippen LogP contribution in [0.15, 0.2) is 24.3 Å². The van der Waals surface area contributed by atoms with Crippen molar-refractivity contribution in [2.75, 3.05) is 11.9 Å². The number of amides is 2. The Morgan fingerprint density at radius 1 is 1.11 bits per heavy atom. The predicted octanol–water partition coefficient (Wildman–Crippen LogP) is 3.95. The van der Waals surface area contributed by atoms with Crippen LogP contribution in [0.1, 0.15) is 45.1 Å². The summed E-state index contributed by atoms with van der Waals surface area (Å²) in [5.41, 5.74) is 2.15. The van der Waals surface area contributed by atoms with Gasteiger partial charge in [0.15, 0.2) is 0 Å². The highest BCUT2D eigenvalue weighted by atomic mass is 16.2. The molecule has 0 heterocycles. The summed E-state index contributed by atoms with van der Waals surface area (Å²) in [5, 5.41) is 5.65. The van der Waals surface area contributed by atoms with Crippen molar-refractivity contribution < 1.29 is 4.79 Å². The highest BCUT2D eigenvalue weighted by molar-refractivity contribution is 5.90. The minimum absolute atomic E-state index is 0.126. The molecule has 0 unspecified atom stereocenters. The fourth-order valence-corrected chi connectivity index (χ4v) is 1.93. The summed E-state index contributed by atoms with van der Waals surface area (Å²) < 4.78 is 0. The van der Waals surface area contributed by atoms with E-state index in [-0.39, 0.29) is 6.03 Å². The number of carbonyl (C=O) groups is 1. The third-order valence-electron chi connectivity index (χ3n) is 2.90. The zero-order chi connectivity index (χ0) is 13.2. The van der Waals surface area contributed by atoms with E-state index in [0.717, 1.165) is 12.1 Å². The molecule has 2 N–H and O–H groups in total. The van der Waals surface area contributed by atoms with Gasteiger partial charge in [0.25, 0.3) is 0 Å². The van der Waals surface area contributed by atoms with Gasteiger partial charge in [0.05, 0.1) is 0 Å². The van der Waals surface area contributed by atoms with Crippen molar-refractivity contribution in [1.82, 2.24) is 5.32 Å². The lowest BCUT2D eigenvalue weighted by Crippen LogP contribution is -2.28. The Labute approximate surface area is 110 Å². The highest BCUT2D eigenvalue weighted by Crippen LogP contribution is 2.18. The maximum absolute atomic E-state index is 11.5. The van der Waals surface area contributed by atoms with Gasteiger partial charge in [0.1, 0.15) is 0 Å². The summed E-state index contributed by atoms with van der Waals surface area (Å²) in [5.74, 6) is 0. The van der Waals surface area contributed by atoms with Crippen molar-refractivity contribution in [2.24, 2.45) is 0 Å². The van der Waals surface area contributed by atoms with Crippen LogP contribution >= 0.6 is 0 Å². The van der Waals surface area contributed by atoms with Crippen LogP contribution in [-0.4, -0.2) is 12.6 Å². The van der Waals surface area contributed by atoms with E-state index in [2.05, 4.69) is 23.6 Å². The molecule has 0 fully saturated rings. The maximum atomic E-state index is 11.5. The highest BCUT2D eigenvalue weighted by Gasteiger charge is 2.04. The van der Waals surface area contributed by atoms with Gasteiger partial charge >= 0.3 is 6.03 Å². The topological polar surface area (TPSA) is 41.1 Å². The Hall–Kier alpha value is -1.51. The number of rotatable bonds is 7. The molecule has 1 aromatic carbocycles. The number of hydrogen-bond acceptors (Lipinski definition) is 1. The van der Waals surface area contributed by atoms with Crippen LogP contribution in [-0.2, 0) is 6.42 Å². The number of benzene rings is 1. The van der Waals surface area contributed by atoms with Crippen LogP contribution in [0.2, 0.25) is 0 Å². The molecule has 0 aliphatic heterocycles. The molecule has 0 saturated carbocycles. The largest absolute Gasteiger partial charge is 0.338 e. The molecule has 3 nitrogen and oxygen atoms in total. The van der Waals surface area contributed by atoms with E-state index in [1.807, 2.05) is 25.1 Å². The molecule has 1 rings (SSSR count). The second-order valence-electron chi connectivity index (χ2n) is 4.45. The monoisotopic (exact) mass is 248 g/mol. The fourth-order valence-electron chi connectivity index (χ4n) is 1.93. The summed E-state index contributed by atoms with van der Waals surface area (Å²) in [6, 6.07) is 7.91. The van der Waals surface area contributed by atoms with Gasteiger partial charge in [-0.3, -0.25) is 0 Å². The molecular formula is C15H24N2O. The third-order valence-corrected chi connectivity index (χ3v) is 2.90. The summed E-state index contributed by atoms with van der Waals surface area (Å²) >= 11 is 0. The van der Waals surface area contributed by atoms with Crippen LogP contribution < -0.4 is 10.6 Å². The summed E-state index contributed by atoms with van der Waals surface area (Å²) in [4.78, 5) is 11.5. The Kier molecular flexibility index (Phi) is 6.92. The van der Waals surface area contributed by atoms with Crippen LogP contribution in [0.5, 0.6) is 0 Å². The van der Waals surface area contributed by atoms with E-state index >= 15 is 0 Å². The zero-order valence-electron chi connectivity index (χ0n) is 11.5. The lowest BCUT2D eigenvalue weighted by atomic mass is 10.0. The molecule has 0 atom stereocenters. The van der Waals surface area contributed by atoms with Crippen molar-refractivity contribution in [3.63, 3.8) is 0 Å². The van der Waals surface area contributed by atoms with E-state index in [0.29, 0.717) is 6.54 Å².